The van der Waals surface area contributed by atoms with Gasteiger partial charge in [0.2, 0.25) is 0 Å². The van der Waals surface area contributed by atoms with Crippen LogP contribution in [0.1, 0.15) is 47.3 Å². The maximum atomic E-state index is 13.3. The van der Waals surface area contributed by atoms with E-state index in [-0.39, 0.29) is 18.1 Å². The lowest BCUT2D eigenvalue weighted by molar-refractivity contribution is -0.144. The van der Waals surface area contributed by atoms with Gasteiger partial charge in [-0.25, -0.2) is 0 Å². The summed E-state index contributed by atoms with van der Waals surface area (Å²) in [6.07, 6.45) is 2.61. The number of carbonyl (C=O) groups is 2. The summed E-state index contributed by atoms with van der Waals surface area (Å²) in [6.45, 7) is 5.20. The number of rotatable bonds is 4. The Hall–Kier alpha value is -2.67. The Balaban J connectivity index is 1.56. The number of ether oxygens (including phenoxy) is 1. The van der Waals surface area contributed by atoms with Gasteiger partial charge in [0.05, 0.1) is 23.8 Å². The monoisotopic (exact) mass is 397 g/mol. The Kier molecular flexibility index (Phi) is 5.41. The van der Waals surface area contributed by atoms with Gasteiger partial charge in [-0.05, 0) is 62.8 Å². The van der Waals surface area contributed by atoms with E-state index in [0.29, 0.717) is 31.7 Å². The average molecular weight is 397 g/mol. The normalized spacial score (nSPS) is 24.6. The van der Waals surface area contributed by atoms with E-state index in [1.54, 1.807) is 11.0 Å². The number of aliphatic carboxylic acids is 1. The van der Waals surface area contributed by atoms with Crippen LogP contribution in [-0.4, -0.2) is 57.4 Å². The number of hydrogen-bond acceptors (Lipinski definition) is 4. The lowest BCUT2D eigenvalue weighted by Gasteiger charge is -2.40. The molecule has 3 heterocycles. The van der Waals surface area contributed by atoms with E-state index in [0.717, 1.165) is 24.1 Å². The number of aryl methyl sites for hydroxylation is 2. The van der Waals surface area contributed by atoms with E-state index in [4.69, 9.17) is 4.74 Å². The van der Waals surface area contributed by atoms with Crippen molar-refractivity contribution in [1.82, 2.24) is 15.1 Å². The van der Waals surface area contributed by atoms with Crippen molar-refractivity contribution in [3.05, 3.63) is 41.1 Å². The summed E-state index contributed by atoms with van der Waals surface area (Å²) in [5.41, 5.74) is 4.50. The van der Waals surface area contributed by atoms with Crippen molar-refractivity contribution in [2.24, 2.45) is 5.92 Å². The number of aromatic amines is 1. The Morgan fingerprint density at radius 2 is 2.03 bits per heavy atom. The molecule has 154 valence electrons. The third kappa shape index (κ3) is 3.92. The molecule has 1 amide bonds. The summed E-state index contributed by atoms with van der Waals surface area (Å²) in [6, 6.07) is 7.68. The Labute approximate surface area is 170 Å². The van der Waals surface area contributed by atoms with E-state index in [9.17, 15) is 14.7 Å². The van der Waals surface area contributed by atoms with Gasteiger partial charge in [0.25, 0.3) is 5.91 Å². The van der Waals surface area contributed by atoms with Crippen LogP contribution < -0.4 is 0 Å². The SMILES string of the molecule is Cc1ccc(-c2cc(C(=O)N3CCC(C(=O)O)CC3C3CCCO3)[nH]n2)cc1C. The summed E-state index contributed by atoms with van der Waals surface area (Å²) in [7, 11) is 0. The molecule has 1 aromatic carbocycles. The fourth-order valence-electron chi connectivity index (χ4n) is 4.37. The highest BCUT2D eigenvalue weighted by Crippen LogP contribution is 2.32. The molecule has 0 spiro atoms. The van der Waals surface area contributed by atoms with Gasteiger partial charge in [0, 0.05) is 18.7 Å². The van der Waals surface area contributed by atoms with Gasteiger partial charge in [-0.1, -0.05) is 12.1 Å². The van der Waals surface area contributed by atoms with E-state index in [2.05, 4.69) is 30.1 Å². The molecule has 2 aromatic rings. The second-order valence-electron chi connectivity index (χ2n) is 8.14. The Morgan fingerprint density at radius 3 is 2.72 bits per heavy atom. The maximum absolute atomic E-state index is 13.3. The van der Waals surface area contributed by atoms with Crippen LogP contribution in [0, 0.1) is 19.8 Å². The van der Waals surface area contributed by atoms with Crippen LogP contribution in [0.3, 0.4) is 0 Å². The first-order chi connectivity index (χ1) is 13.9. The number of benzene rings is 1. The number of hydrogen-bond donors (Lipinski definition) is 2. The van der Waals surface area contributed by atoms with Gasteiger partial charge in [-0.2, -0.15) is 5.10 Å². The molecular formula is C22H27N3O4. The molecule has 2 aliphatic heterocycles. The summed E-state index contributed by atoms with van der Waals surface area (Å²) < 4.78 is 5.82. The maximum Gasteiger partial charge on any atom is 0.306 e. The highest BCUT2D eigenvalue weighted by Gasteiger charge is 2.41. The molecule has 1 aromatic heterocycles. The highest BCUT2D eigenvalue weighted by molar-refractivity contribution is 5.94. The van der Waals surface area contributed by atoms with Gasteiger partial charge in [-0.3, -0.25) is 14.7 Å². The standard InChI is InChI=1S/C22H27N3O4/c1-13-5-6-15(10-14(13)2)17-12-18(24-23-17)21(26)25-8-7-16(22(27)28)11-19(25)20-4-3-9-29-20/h5-6,10,12,16,19-20H,3-4,7-9,11H2,1-2H3,(H,23,24)(H,27,28). The number of carbonyl (C=O) groups excluding carboxylic acids is 1. The fraction of sp³-hybridized carbons (Fsp3) is 0.500. The highest BCUT2D eigenvalue weighted by atomic mass is 16.5. The molecule has 3 atom stereocenters. The molecule has 2 aliphatic rings. The van der Waals surface area contributed by atoms with Gasteiger partial charge in [-0.15, -0.1) is 0 Å². The minimum absolute atomic E-state index is 0.0942. The Bertz CT molecular complexity index is 917. The van der Waals surface area contributed by atoms with Crippen LogP contribution in [0.4, 0.5) is 0 Å². The van der Waals surface area contributed by atoms with Crippen LogP contribution in [-0.2, 0) is 9.53 Å². The number of nitrogens with one attached hydrogen (secondary N) is 1. The summed E-state index contributed by atoms with van der Waals surface area (Å²) in [5, 5.41) is 16.7. The predicted molar refractivity (Wildman–Crippen MR) is 108 cm³/mol. The molecule has 7 nitrogen and oxygen atoms in total. The quantitative estimate of drug-likeness (QED) is 0.826. The van der Waals surface area contributed by atoms with Gasteiger partial charge in [0.15, 0.2) is 0 Å². The van der Waals surface area contributed by atoms with Crippen molar-refractivity contribution in [2.45, 2.75) is 51.7 Å². The number of likely N-dealkylation sites (tertiary alicyclic amines) is 1. The zero-order valence-electron chi connectivity index (χ0n) is 16.9. The molecule has 3 unspecified atom stereocenters. The predicted octanol–water partition coefficient (Wildman–Crippen LogP) is 3.18. The number of piperidine rings is 1. The number of carboxylic acids is 1. The van der Waals surface area contributed by atoms with Crippen molar-refractivity contribution < 1.29 is 19.4 Å². The third-order valence-corrected chi connectivity index (χ3v) is 6.26. The molecule has 0 bridgehead atoms. The van der Waals surface area contributed by atoms with E-state index < -0.39 is 11.9 Å². The zero-order valence-corrected chi connectivity index (χ0v) is 16.9. The Morgan fingerprint density at radius 1 is 1.21 bits per heavy atom. The number of carboxylic acid groups (broad SMARTS) is 1. The molecule has 0 radical (unpaired) electrons. The van der Waals surface area contributed by atoms with Crippen molar-refractivity contribution in [1.29, 1.82) is 0 Å². The van der Waals surface area contributed by atoms with E-state index >= 15 is 0 Å². The minimum atomic E-state index is -0.793. The largest absolute Gasteiger partial charge is 0.481 e. The second kappa shape index (κ2) is 7.99. The van der Waals surface area contributed by atoms with Crippen LogP contribution in [0.25, 0.3) is 11.3 Å². The summed E-state index contributed by atoms with van der Waals surface area (Å²) >= 11 is 0. The molecule has 2 saturated heterocycles. The van der Waals surface area contributed by atoms with Crippen LogP contribution in [0.2, 0.25) is 0 Å². The van der Waals surface area contributed by atoms with Crippen molar-refractivity contribution >= 4 is 11.9 Å². The molecular weight excluding hydrogens is 370 g/mol. The van der Waals surface area contributed by atoms with Crippen molar-refractivity contribution in [3.8, 4) is 11.3 Å². The smallest absolute Gasteiger partial charge is 0.306 e. The third-order valence-electron chi connectivity index (χ3n) is 6.26. The number of nitrogens with zero attached hydrogens (tertiary/aromatic N) is 2. The fourth-order valence-corrected chi connectivity index (χ4v) is 4.37. The first-order valence-electron chi connectivity index (χ1n) is 10.2. The van der Waals surface area contributed by atoms with E-state index in [1.807, 2.05) is 12.1 Å². The lowest BCUT2D eigenvalue weighted by Crippen LogP contribution is -2.52. The van der Waals surface area contributed by atoms with Gasteiger partial charge < -0.3 is 14.7 Å². The molecule has 29 heavy (non-hydrogen) atoms. The van der Waals surface area contributed by atoms with Gasteiger partial charge in [0.1, 0.15) is 5.69 Å². The summed E-state index contributed by atoms with van der Waals surface area (Å²) in [4.78, 5) is 26.6. The molecule has 2 fully saturated rings. The van der Waals surface area contributed by atoms with E-state index in [1.165, 1.54) is 11.1 Å². The zero-order chi connectivity index (χ0) is 20.5. The second-order valence-corrected chi connectivity index (χ2v) is 8.14. The molecule has 7 heteroatoms. The summed E-state index contributed by atoms with van der Waals surface area (Å²) in [5.74, 6) is -1.36. The molecule has 0 saturated carbocycles. The van der Waals surface area contributed by atoms with Crippen molar-refractivity contribution in [3.63, 3.8) is 0 Å². The van der Waals surface area contributed by atoms with Crippen molar-refractivity contribution in [2.75, 3.05) is 13.2 Å². The number of amides is 1. The topological polar surface area (TPSA) is 95.5 Å². The number of aromatic nitrogens is 2. The van der Waals surface area contributed by atoms with Gasteiger partial charge >= 0.3 is 5.97 Å². The minimum Gasteiger partial charge on any atom is -0.481 e. The lowest BCUT2D eigenvalue weighted by atomic mass is 9.87. The average Bonchev–Trinajstić information content (AvgIpc) is 3.41. The van der Waals surface area contributed by atoms with Crippen LogP contribution >= 0.6 is 0 Å². The molecule has 2 N–H and O–H groups in total. The molecule has 4 rings (SSSR count). The van der Waals surface area contributed by atoms with Crippen LogP contribution in [0.5, 0.6) is 0 Å². The number of H-pyrrole nitrogens is 1. The molecule has 0 aliphatic carbocycles. The first kappa shape index (κ1) is 19.6. The van der Waals surface area contributed by atoms with Crippen LogP contribution in [0.15, 0.2) is 24.3 Å². The first-order valence-corrected chi connectivity index (χ1v) is 10.2.